The molecule has 3 rings (SSSR count). The fourth-order valence-corrected chi connectivity index (χ4v) is 3.65. The lowest BCUT2D eigenvalue weighted by atomic mass is 9.72. The molecule has 1 amide bonds. The average Bonchev–Trinajstić information content (AvgIpc) is 2.62. The number of aromatic nitrogens is 2. The predicted octanol–water partition coefficient (Wildman–Crippen LogP) is 2.63. The lowest BCUT2D eigenvalue weighted by molar-refractivity contribution is 0.0930. The minimum absolute atomic E-state index is 0.0377. The lowest BCUT2D eigenvalue weighted by Crippen LogP contribution is -2.34. The van der Waals surface area contributed by atoms with E-state index in [9.17, 15) is 17.6 Å². The fraction of sp³-hybridized carbons (Fsp3) is 0.421. The van der Waals surface area contributed by atoms with Gasteiger partial charge in [-0.25, -0.2) is 32.7 Å². The zero-order valence-corrected chi connectivity index (χ0v) is 17.4. The molecule has 9 nitrogen and oxygen atoms in total. The Bertz CT molecular complexity index is 1010. The highest BCUT2D eigenvalue weighted by Crippen LogP contribution is 2.41. The minimum Gasteiger partial charge on any atom is -0.449 e. The van der Waals surface area contributed by atoms with Crippen LogP contribution in [0.3, 0.4) is 0 Å². The summed E-state index contributed by atoms with van der Waals surface area (Å²) in [5.74, 6) is -0.00755. The number of carbonyl (C=O) groups excluding carboxylic acids is 1. The number of ether oxygens (including phenoxy) is 1. The number of amides is 1. The van der Waals surface area contributed by atoms with Crippen LogP contribution in [0.15, 0.2) is 35.5 Å². The van der Waals surface area contributed by atoms with Gasteiger partial charge in [0.25, 0.3) is 0 Å². The van der Waals surface area contributed by atoms with E-state index < -0.39 is 21.9 Å². The summed E-state index contributed by atoms with van der Waals surface area (Å²) >= 11 is 0. The third-order valence-electron chi connectivity index (χ3n) is 4.75. The zero-order valence-electron chi connectivity index (χ0n) is 16.6. The van der Waals surface area contributed by atoms with Gasteiger partial charge in [0, 0.05) is 18.4 Å². The number of nitrogens with zero attached hydrogens (tertiary/aromatic N) is 2. The summed E-state index contributed by atoms with van der Waals surface area (Å²) in [6, 6.07) is 3.34. The Morgan fingerprint density at radius 3 is 2.53 bits per heavy atom. The SMILES string of the molecule is CC(C)NC(=O)OC[C@H]1C[C@@H](c2cnc(Nc3ccc(S(N)(=O)=O)cc3F)nc2)C1. The highest BCUT2D eigenvalue weighted by molar-refractivity contribution is 7.89. The molecule has 0 atom stereocenters. The number of anilines is 2. The third kappa shape index (κ3) is 5.63. The molecular formula is C19H24FN5O4S. The molecule has 0 saturated heterocycles. The monoisotopic (exact) mass is 437 g/mol. The maximum Gasteiger partial charge on any atom is 0.407 e. The molecule has 4 N–H and O–H groups in total. The first-order valence-electron chi connectivity index (χ1n) is 9.46. The number of primary sulfonamides is 1. The Labute approximate surface area is 174 Å². The van der Waals surface area contributed by atoms with Crippen LogP contribution in [0.4, 0.5) is 20.8 Å². The van der Waals surface area contributed by atoms with E-state index in [1.807, 2.05) is 13.8 Å². The average molecular weight is 437 g/mol. The zero-order chi connectivity index (χ0) is 21.9. The van der Waals surface area contributed by atoms with E-state index in [-0.39, 0.29) is 28.5 Å². The predicted molar refractivity (Wildman–Crippen MR) is 108 cm³/mol. The summed E-state index contributed by atoms with van der Waals surface area (Å²) in [6.07, 6.45) is 4.67. The lowest BCUT2D eigenvalue weighted by Gasteiger charge is -2.34. The van der Waals surface area contributed by atoms with Crippen molar-refractivity contribution in [3.63, 3.8) is 0 Å². The van der Waals surface area contributed by atoms with Crippen LogP contribution in [-0.4, -0.2) is 37.1 Å². The van der Waals surface area contributed by atoms with Gasteiger partial charge in [0.2, 0.25) is 16.0 Å². The van der Waals surface area contributed by atoms with Gasteiger partial charge in [-0.1, -0.05) is 0 Å². The molecule has 0 radical (unpaired) electrons. The molecule has 0 bridgehead atoms. The van der Waals surface area contributed by atoms with Crippen molar-refractivity contribution in [2.45, 2.75) is 43.5 Å². The first-order valence-corrected chi connectivity index (χ1v) is 11.0. The number of sulfonamides is 1. The van der Waals surface area contributed by atoms with Crippen LogP contribution in [0.5, 0.6) is 0 Å². The topological polar surface area (TPSA) is 136 Å². The molecule has 162 valence electrons. The number of hydrogen-bond acceptors (Lipinski definition) is 7. The van der Waals surface area contributed by atoms with Gasteiger partial charge in [0.15, 0.2) is 0 Å². The van der Waals surface area contributed by atoms with Crippen molar-refractivity contribution >= 4 is 27.8 Å². The van der Waals surface area contributed by atoms with E-state index in [2.05, 4.69) is 20.6 Å². The van der Waals surface area contributed by atoms with Gasteiger partial charge >= 0.3 is 6.09 Å². The maximum atomic E-state index is 14.1. The standard InChI is InChI=1S/C19H24FN5O4S/c1-11(2)24-19(26)29-10-12-5-13(6-12)14-8-22-18(23-9-14)25-17-4-3-15(7-16(17)20)30(21,27)28/h3-4,7-9,11-13H,5-6,10H2,1-2H3,(H,24,26)(H2,21,27,28)(H,22,23,25)/t12-,13+. The van der Waals surface area contributed by atoms with E-state index in [0.717, 1.165) is 24.5 Å². The molecule has 0 aliphatic heterocycles. The maximum absolute atomic E-state index is 14.1. The Balaban J connectivity index is 1.51. The number of alkyl carbamates (subject to hydrolysis) is 1. The van der Waals surface area contributed by atoms with Gasteiger partial charge in [-0.05, 0) is 62.3 Å². The van der Waals surface area contributed by atoms with Crippen LogP contribution in [0.1, 0.15) is 38.2 Å². The molecule has 0 unspecified atom stereocenters. The van der Waals surface area contributed by atoms with Crippen molar-refractivity contribution in [2.75, 3.05) is 11.9 Å². The normalized spacial score (nSPS) is 18.6. The number of rotatable bonds is 7. The van der Waals surface area contributed by atoms with Crippen LogP contribution in [0, 0.1) is 11.7 Å². The fourth-order valence-electron chi connectivity index (χ4n) is 3.12. The van der Waals surface area contributed by atoms with Gasteiger partial charge < -0.3 is 15.4 Å². The molecule has 30 heavy (non-hydrogen) atoms. The molecule has 1 fully saturated rings. The molecule has 11 heteroatoms. The molecule has 1 aromatic heterocycles. The molecule has 1 aliphatic rings. The Hall–Kier alpha value is -2.79. The quantitative estimate of drug-likeness (QED) is 0.606. The van der Waals surface area contributed by atoms with Gasteiger partial charge in [-0.2, -0.15) is 0 Å². The van der Waals surface area contributed by atoms with Crippen LogP contribution in [-0.2, 0) is 14.8 Å². The molecule has 1 aliphatic carbocycles. The summed E-state index contributed by atoms with van der Waals surface area (Å²) in [5, 5.41) is 10.4. The number of hydrogen-bond donors (Lipinski definition) is 3. The smallest absolute Gasteiger partial charge is 0.407 e. The van der Waals surface area contributed by atoms with Crippen LogP contribution < -0.4 is 15.8 Å². The molecule has 1 saturated carbocycles. The Kier molecular flexibility index (Phi) is 6.52. The summed E-state index contributed by atoms with van der Waals surface area (Å²) in [7, 11) is -3.98. The summed E-state index contributed by atoms with van der Waals surface area (Å²) in [4.78, 5) is 19.6. The molecule has 2 aromatic rings. The van der Waals surface area contributed by atoms with Crippen molar-refractivity contribution in [1.29, 1.82) is 0 Å². The first kappa shape index (κ1) is 21.9. The molecular weight excluding hydrogens is 413 g/mol. The minimum atomic E-state index is -3.98. The second-order valence-corrected chi connectivity index (χ2v) is 9.14. The number of carbonyl (C=O) groups is 1. The number of benzene rings is 1. The molecule has 1 heterocycles. The van der Waals surface area contributed by atoms with E-state index in [4.69, 9.17) is 9.88 Å². The highest BCUT2D eigenvalue weighted by atomic mass is 32.2. The van der Waals surface area contributed by atoms with Crippen LogP contribution >= 0.6 is 0 Å². The summed E-state index contributed by atoms with van der Waals surface area (Å²) in [5.41, 5.74) is 0.990. The van der Waals surface area contributed by atoms with Crippen molar-refractivity contribution in [2.24, 2.45) is 11.1 Å². The summed E-state index contributed by atoms with van der Waals surface area (Å²) in [6.45, 7) is 4.11. The molecule has 0 spiro atoms. The number of nitrogens with one attached hydrogen (secondary N) is 2. The summed E-state index contributed by atoms with van der Waals surface area (Å²) < 4.78 is 41.8. The largest absolute Gasteiger partial charge is 0.449 e. The van der Waals surface area contributed by atoms with Crippen molar-refractivity contribution in [1.82, 2.24) is 15.3 Å². The first-order chi connectivity index (χ1) is 14.1. The van der Waals surface area contributed by atoms with Crippen molar-refractivity contribution < 1.29 is 22.3 Å². The Morgan fingerprint density at radius 1 is 1.30 bits per heavy atom. The van der Waals surface area contributed by atoms with E-state index >= 15 is 0 Å². The van der Waals surface area contributed by atoms with Crippen LogP contribution in [0.25, 0.3) is 0 Å². The number of halogens is 1. The number of nitrogens with two attached hydrogens (primary N) is 1. The Morgan fingerprint density at radius 2 is 1.97 bits per heavy atom. The van der Waals surface area contributed by atoms with Gasteiger partial charge in [0.05, 0.1) is 17.2 Å². The van der Waals surface area contributed by atoms with Gasteiger partial charge in [0.1, 0.15) is 5.82 Å². The van der Waals surface area contributed by atoms with Crippen LogP contribution in [0.2, 0.25) is 0 Å². The van der Waals surface area contributed by atoms with E-state index in [1.54, 1.807) is 12.4 Å². The second-order valence-electron chi connectivity index (χ2n) is 7.58. The van der Waals surface area contributed by atoms with Gasteiger partial charge in [-0.15, -0.1) is 0 Å². The van der Waals surface area contributed by atoms with E-state index in [0.29, 0.717) is 12.5 Å². The van der Waals surface area contributed by atoms with Crippen molar-refractivity contribution in [3.8, 4) is 0 Å². The highest BCUT2D eigenvalue weighted by Gasteiger charge is 2.31. The molecule has 1 aromatic carbocycles. The van der Waals surface area contributed by atoms with Gasteiger partial charge in [-0.3, -0.25) is 0 Å². The van der Waals surface area contributed by atoms with E-state index in [1.165, 1.54) is 12.1 Å². The second kappa shape index (κ2) is 8.92. The third-order valence-corrected chi connectivity index (χ3v) is 5.66. The van der Waals surface area contributed by atoms with Crippen molar-refractivity contribution in [3.05, 3.63) is 42.0 Å².